The van der Waals surface area contributed by atoms with Gasteiger partial charge in [0.25, 0.3) is 5.91 Å². The highest BCUT2D eigenvalue weighted by atomic mass is 32.2. The molecule has 98 valence electrons. The average Bonchev–Trinajstić information content (AvgIpc) is 2.77. The lowest BCUT2D eigenvalue weighted by molar-refractivity contribution is -0.123. The van der Waals surface area contributed by atoms with Crippen LogP contribution in [0, 0.1) is 0 Å². The van der Waals surface area contributed by atoms with Gasteiger partial charge in [-0.05, 0) is 19.4 Å². The normalized spacial score (nSPS) is 29.9. The van der Waals surface area contributed by atoms with Crippen molar-refractivity contribution in [1.29, 1.82) is 0 Å². The van der Waals surface area contributed by atoms with Gasteiger partial charge >= 0.3 is 0 Å². The second-order valence-corrected chi connectivity index (χ2v) is 8.06. The standard InChI is InChI=1S/C11H13NO3S3/c1-2-3-4-9-10(13)12(11(16)17-9)8-5-6-18(14,15)7-8/h2-4,8H,5-7H2,1H3/b3-2+,9-4+. The van der Waals surface area contributed by atoms with Crippen LogP contribution in [0.25, 0.3) is 0 Å². The first-order chi connectivity index (χ1) is 8.44. The van der Waals surface area contributed by atoms with Crippen LogP contribution >= 0.6 is 24.0 Å². The molecule has 2 aliphatic heterocycles. The molecule has 1 atom stereocenters. The van der Waals surface area contributed by atoms with Gasteiger partial charge in [0.2, 0.25) is 0 Å². The van der Waals surface area contributed by atoms with Crippen molar-refractivity contribution in [3.63, 3.8) is 0 Å². The lowest BCUT2D eigenvalue weighted by Crippen LogP contribution is -2.39. The zero-order valence-electron chi connectivity index (χ0n) is 9.83. The Bertz CT molecular complexity index is 548. The van der Waals surface area contributed by atoms with Crippen molar-refractivity contribution in [2.24, 2.45) is 0 Å². The summed E-state index contributed by atoms with van der Waals surface area (Å²) < 4.78 is 23.4. The molecule has 18 heavy (non-hydrogen) atoms. The Hall–Kier alpha value is -0.660. The molecule has 1 unspecified atom stereocenters. The second kappa shape index (κ2) is 5.14. The molecule has 2 rings (SSSR count). The van der Waals surface area contributed by atoms with E-state index in [0.29, 0.717) is 15.6 Å². The average molecular weight is 303 g/mol. The third-order valence-electron chi connectivity index (χ3n) is 2.84. The summed E-state index contributed by atoms with van der Waals surface area (Å²) in [5.41, 5.74) is 0. The van der Waals surface area contributed by atoms with E-state index in [2.05, 4.69) is 0 Å². The molecule has 2 saturated heterocycles. The van der Waals surface area contributed by atoms with E-state index in [4.69, 9.17) is 12.2 Å². The number of rotatable bonds is 2. The SMILES string of the molecule is C/C=C/C=C1/SC(=S)N(C2CCS(=O)(=O)C2)C1=O. The van der Waals surface area contributed by atoms with E-state index in [1.165, 1.54) is 16.7 Å². The Balaban J connectivity index is 2.21. The molecule has 2 fully saturated rings. The number of allylic oxidation sites excluding steroid dienone is 3. The van der Waals surface area contributed by atoms with E-state index < -0.39 is 9.84 Å². The van der Waals surface area contributed by atoms with Gasteiger partial charge in [-0.2, -0.15) is 0 Å². The number of nitrogens with zero attached hydrogens (tertiary/aromatic N) is 1. The van der Waals surface area contributed by atoms with E-state index in [9.17, 15) is 13.2 Å². The Labute approximate surface area is 116 Å². The topological polar surface area (TPSA) is 54.5 Å². The third kappa shape index (κ3) is 2.67. The van der Waals surface area contributed by atoms with Gasteiger partial charge in [0.15, 0.2) is 9.84 Å². The predicted molar refractivity (Wildman–Crippen MR) is 77.0 cm³/mol. The van der Waals surface area contributed by atoms with Gasteiger partial charge in [0, 0.05) is 0 Å². The molecule has 0 spiro atoms. The Morgan fingerprint density at radius 3 is 2.78 bits per heavy atom. The predicted octanol–water partition coefficient (Wildman–Crippen LogP) is 1.49. The fraction of sp³-hybridized carbons (Fsp3) is 0.455. The lowest BCUT2D eigenvalue weighted by atomic mass is 10.2. The summed E-state index contributed by atoms with van der Waals surface area (Å²) in [6.45, 7) is 1.86. The third-order valence-corrected chi connectivity index (χ3v) is 5.94. The first-order valence-corrected chi connectivity index (χ1v) is 8.58. The molecular weight excluding hydrogens is 290 g/mol. The van der Waals surface area contributed by atoms with Crippen molar-refractivity contribution in [3.8, 4) is 0 Å². The van der Waals surface area contributed by atoms with Crippen LogP contribution in [-0.2, 0) is 14.6 Å². The molecule has 7 heteroatoms. The van der Waals surface area contributed by atoms with Crippen LogP contribution in [0.2, 0.25) is 0 Å². The molecule has 1 amide bonds. The molecule has 0 aliphatic carbocycles. The van der Waals surface area contributed by atoms with Gasteiger partial charge in [-0.15, -0.1) is 0 Å². The zero-order valence-corrected chi connectivity index (χ0v) is 12.3. The Kier molecular flexibility index (Phi) is 3.93. The maximum Gasteiger partial charge on any atom is 0.266 e. The first-order valence-electron chi connectivity index (χ1n) is 5.53. The number of carbonyl (C=O) groups is 1. The van der Waals surface area contributed by atoms with Crippen LogP contribution < -0.4 is 0 Å². The zero-order chi connectivity index (χ0) is 13.3. The van der Waals surface area contributed by atoms with Crippen molar-refractivity contribution >= 4 is 44.0 Å². The maximum atomic E-state index is 12.1. The van der Waals surface area contributed by atoms with Gasteiger partial charge in [-0.25, -0.2) is 8.42 Å². The molecule has 2 heterocycles. The summed E-state index contributed by atoms with van der Waals surface area (Å²) in [7, 11) is -3.01. The van der Waals surface area contributed by atoms with Crippen LogP contribution in [0.4, 0.5) is 0 Å². The molecule has 0 aromatic heterocycles. The van der Waals surface area contributed by atoms with Crippen LogP contribution in [0.3, 0.4) is 0 Å². The molecule has 0 N–H and O–H groups in total. The molecule has 0 bridgehead atoms. The molecule has 4 nitrogen and oxygen atoms in total. The highest BCUT2D eigenvalue weighted by molar-refractivity contribution is 8.26. The Morgan fingerprint density at radius 2 is 2.22 bits per heavy atom. The van der Waals surface area contributed by atoms with Gasteiger partial charge in [-0.1, -0.05) is 36.1 Å². The fourth-order valence-corrected chi connectivity index (χ4v) is 5.02. The molecule has 0 radical (unpaired) electrons. The van der Waals surface area contributed by atoms with Crippen LogP contribution in [-0.4, -0.2) is 41.1 Å². The molecule has 0 aromatic rings. The molecule has 0 aromatic carbocycles. The Morgan fingerprint density at radius 1 is 1.50 bits per heavy atom. The smallest absolute Gasteiger partial charge is 0.266 e. The van der Waals surface area contributed by atoms with Gasteiger partial charge < -0.3 is 0 Å². The number of hydrogen-bond acceptors (Lipinski definition) is 5. The summed E-state index contributed by atoms with van der Waals surface area (Å²) in [4.78, 5) is 14.2. The number of sulfone groups is 1. The highest BCUT2D eigenvalue weighted by Crippen LogP contribution is 2.35. The summed E-state index contributed by atoms with van der Waals surface area (Å²) in [5.74, 6) is -0.0101. The minimum Gasteiger partial charge on any atom is -0.289 e. The quantitative estimate of drug-likeness (QED) is 0.571. The fourth-order valence-electron chi connectivity index (χ4n) is 1.97. The van der Waals surface area contributed by atoms with E-state index in [1.54, 1.807) is 12.2 Å². The van der Waals surface area contributed by atoms with Crippen LogP contribution in [0.15, 0.2) is 23.1 Å². The summed E-state index contributed by atoms with van der Waals surface area (Å²) in [6, 6.07) is -0.293. The number of thiocarbonyl (C=S) groups is 1. The van der Waals surface area contributed by atoms with Crippen molar-refractivity contribution < 1.29 is 13.2 Å². The van der Waals surface area contributed by atoms with Crippen molar-refractivity contribution in [1.82, 2.24) is 4.90 Å². The minimum absolute atomic E-state index is 0.0241. The van der Waals surface area contributed by atoms with E-state index in [0.717, 1.165) is 0 Å². The number of thioether (sulfide) groups is 1. The maximum absolute atomic E-state index is 12.1. The van der Waals surface area contributed by atoms with Crippen LogP contribution in [0.1, 0.15) is 13.3 Å². The second-order valence-electron chi connectivity index (χ2n) is 4.16. The van der Waals surface area contributed by atoms with Gasteiger partial charge in [0.1, 0.15) is 4.32 Å². The molecular formula is C11H13NO3S3. The number of hydrogen-bond donors (Lipinski definition) is 0. The summed E-state index contributed by atoms with van der Waals surface area (Å²) >= 11 is 6.40. The summed E-state index contributed by atoms with van der Waals surface area (Å²) in [6.07, 6.45) is 5.79. The number of amides is 1. The van der Waals surface area contributed by atoms with Crippen molar-refractivity contribution in [2.75, 3.05) is 11.5 Å². The van der Waals surface area contributed by atoms with Crippen molar-refractivity contribution in [2.45, 2.75) is 19.4 Å². The molecule has 2 aliphatic rings. The van der Waals surface area contributed by atoms with Gasteiger partial charge in [-0.3, -0.25) is 9.69 Å². The largest absolute Gasteiger partial charge is 0.289 e. The van der Waals surface area contributed by atoms with E-state index in [1.807, 2.05) is 13.0 Å². The minimum atomic E-state index is -3.01. The van der Waals surface area contributed by atoms with E-state index >= 15 is 0 Å². The highest BCUT2D eigenvalue weighted by Gasteiger charge is 2.41. The summed E-state index contributed by atoms with van der Waals surface area (Å²) in [5, 5.41) is 0. The lowest BCUT2D eigenvalue weighted by Gasteiger charge is -2.20. The monoisotopic (exact) mass is 303 g/mol. The van der Waals surface area contributed by atoms with E-state index in [-0.39, 0.29) is 23.5 Å². The van der Waals surface area contributed by atoms with Crippen molar-refractivity contribution in [3.05, 3.63) is 23.1 Å². The van der Waals surface area contributed by atoms with Crippen LogP contribution in [0.5, 0.6) is 0 Å². The first kappa shape index (κ1) is 13.8. The van der Waals surface area contributed by atoms with Gasteiger partial charge in [0.05, 0.1) is 22.5 Å². The number of carbonyl (C=O) groups excluding carboxylic acids is 1. The molecule has 0 saturated carbocycles.